The highest BCUT2D eigenvalue weighted by Crippen LogP contribution is 2.28. The van der Waals surface area contributed by atoms with Gasteiger partial charge in [0.25, 0.3) is 0 Å². The maximum absolute atomic E-state index is 10.8. The van der Waals surface area contributed by atoms with Crippen molar-refractivity contribution >= 4 is 17.9 Å². The monoisotopic (exact) mass is 250 g/mol. The molecule has 17 heavy (non-hydrogen) atoms. The third-order valence-corrected chi connectivity index (χ3v) is 3.38. The number of halogens is 1. The molecule has 0 heterocycles. The number of allylic oxidation sites excluding steroid dienone is 1. The first kappa shape index (κ1) is 12.3. The Kier molecular flexibility index (Phi) is 4.35. The summed E-state index contributed by atoms with van der Waals surface area (Å²) in [6.07, 6.45) is 3.23. The molecule has 1 aliphatic carbocycles. The van der Waals surface area contributed by atoms with Crippen LogP contribution in [0.2, 0.25) is 0 Å². The summed E-state index contributed by atoms with van der Waals surface area (Å²) in [4.78, 5) is 10.8. The van der Waals surface area contributed by atoms with E-state index in [-0.39, 0.29) is 6.10 Å². The summed E-state index contributed by atoms with van der Waals surface area (Å²) in [6.45, 7) is 0.593. The smallest absolute Gasteiger partial charge is 0.147 e. The van der Waals surface area contributed by atoms with Gasteiger partial charge in [0.2, 0.25) is 0 Å². The van der Waals surface area contributed by atoms with E-state index in [9.17, 15) is 4.79 Å². The van der Waals surface area contributed by atoms with Crippen LogP contribution in [-0.4, -0.2) is 12.4 Å². The number of carbonyl (C=O) groups is 1. The van der Waals surface area contributed by atoms with E-state index < -0.39 is 0 Å². The second kappa shape index (κ2) is 5.99. The summed E-state index contributed by atoms with van der Waals surface area (Å²) < 4.78 is 5.80. The Balaban J connectivity index is 1.88. The molecule has 0 saturated heterocycles. The Morgan fingerprint density at radius 3 is 2.82 bits per heavy atom. The molecule has 1 aromatic rings. The van der Waals surface area contributed by atoms with E-state index in [1.807, 2.05) is 30.3 Å². The largest absolute Gasteiger partial charge is 0.373 e. The van der Waals surface area contributed by atoms with Crippen LogP contribution in [0.1, 0.15) is 24.8 Å². The predicted octanol–water partition coefficient (Wildman–Crippen LogP) is 3.45. The molecule has 90 valence electrons. The first-order chi connectivity index (χ1) is 8.29. The number of ether oxygens (including phenoxy) is 1. The number of aldehydes is 1. The summed E-state index contributed by atoms with van der Waals surface area (Å²) in [5, 5.41) is 0.694. The van der Waals surface area contributed by atoms with Crippen LogP contribution in [0.15, 0.2) is 40.9 Å². The van der Waals surface area contributed by atoms with Gasteiger partial charge in [0, 0.05) is 17.0 Å². The van der Waals surface area contributed by atoms with Crippen molar-refractivity contribution < 1.29 is 9.53 Å². The number of benzene rings is 1. The SMILES string of the molecule is O=CC1=C(Cl)CCC(OCc2ccccc2)C1. The number of rotatable bonds is 4. The molecular weight excluding hydrogens is 236 g/mol. The summed E-state index contributed by atoms with van der Waals surface area (Å²) >= 11 is 5.96. The van der Waals surface area contributed by atoms with E-state index in [4.69, 9.17) is 16.3 Å². The summed E-state index contributed by atoms with van der Waals surface area (Å²) in [6, 6.07) is 10.0. The molecule has 0 bridgehead atoms. The molecule has 0 spiro atoms. The zero-order valence-corrected chi connectivity index (χ0v) is 10.3. The molecular formula is C14H15ClO2. The van der Waals surface area contributed by atoms with Crippen molar-refractivity contribution in [3.8, 4) is 0 Å². The molecule has 0 aliphatic heterocycles. The summed E-state index contributed by atoms with van der Waals surface area (Å²) in [5.74, 6) is 0. The molecule has 2 rings (SSSR count). The molecule has 0 saturated carbocycles. The van der Waals surface area contributed by atoms with Crippen molar-refractivity contribution in [3.05, 3.63) is 46.5 Å². The van der Waals surface area contributed by atoms with Gasteiger partial charge >= 0.3 is 0 Å². The lowest BCUT2D eigenvalue weighted by Crippen LogP contribution is -2.18. The van der Waals surface area contributed by atoms with Crippen molar-refractivity contribution in [2.45, 2.75) is 32.0 Å². The van der Waals surface area contributed by atoms with E-state index in [2.05, 4.69) is 0 Å². The average molecular weight is 251 g/mol. The molecule has 0 N–H and O–H groups in total. The van der Waals surface area contributed by atoms with Crippen molar-refractivity contribution in [1.82, 2.24) is 0 Å². The molecule has 3 heteroatoms. The molecule has 0 aromatic heterocycles. The van der Waals surface area contributed by atoms with Gasteiger partial charge in [0.05, 0.1) is 12.7 Å². The Labute approximate surface area is 106 Å². The van der Waals surface area contributed by atoms with Crippen molar-refractivity contribution in [1.29, 1.82) is 0 Å². The van der Waals surface area contributed by atoms with Gasteiger partial charge in [-0.3, -0.25) is 4.79 Å². The molecule has 1 atom stereocenters. The van der Waals surface area contributed by atoms with Crippen molar-refractivity contribution in [2.24, 2.45) is 0 Å². The minimum atomic E-state index is 0.109. The number of carbonyl (C=O) groups excluding carboxylic acids is 1. The molecule has 0 fully saturated rings. The van der Waals surface area contributed by atoms with Crippen LogP contribution in [-0.2, 0) is 16.1 Å². The summed E-state index contributed by atoms with van der Waals surface area (Å²) in [5.41, 5.74) is 1.84. The van der Waals surface area contributed by atoms with Crippen LogP contribution in [0.5, 0.6) is 0 Å². The molecule has 1 aliphatic rings. The van der Waals surface area contributed by atoms with Crippen molar-refractivity contribution in [3.63, 3.8) is 0 Å². The Bertz CT molecular complexity index is 411. The van der Waals surface area contributed by atoms with Gasteiger partial charge in [-0.15, -0.1) is 0 Å². The minimum Gasteiger partial charge on any atom is -0.373 e. The van der Waals surface area contributed by atoms with Crippen LogP contribution in [0, 0.1) is 0 Å². The molecule has 0 radical (unpaired) electrons. The molecule has 1 unspecified atom stereocenters. The third kappa shape index (κ3) is 3.42. The van der Waals surface area contributed by atoms with E-state index in [1.54, 1.807) is 0 Å². The van der Waals surface area contributed by atoms with Gasteiger partial charge in [-0.1, -0.05) is 41.9 Å². The zero-order valence-electron chi connectivity index (χ0n) is 9.56. The second-order valence-corrected chi connectivity index (χ2v) is 4.67. The molecule has 2 nitrogen and oxygen atoms in total. The molecule has 1 aromatic carbocycles. The highest BCUT2D eigenvalue weighted by Gasteiger charge is 2.20. The summed E-state index contributed by atoms with van der Waals surface area (Å²) in [7, 11) is 0. The van der Waals surface area contributed by atoms with Crippen LogP contribution in [0.4, 0.5) is 0 Å². The van der Waals surface area contributed by atoms with Gasteiger partial charge in [-0.05, 0) is 18.4 Å². The fourth-order valence-electron chi connectivity index (χ4n) is 1.95. The number of hydrogen-bond donors (Lipinski definition) is 0. The zero-order chi connectivity index (χ0) is 12.1. The Morgan fingerprint density at radius 1 is 1.35 bits per heavy atom. The fraction of sp³-hybridized carbons (Fsp3) is 0.357. The van der Waals surface area contributed by atoms with Crippen LogP contribution < -0.4 is 0 Å². The lowest BCUT2D eigenvalue weighted by molar-refractivity contribution is -0.105. The maximum Gasteiger partial charge on any atom is 0.147 e. The van der Waals surface area contributed by atoms with Gasteiger partial charge in [-0.25, -0.2) is 0 Å². The molecule has 0 amide bonds. The van der Waals surface area contributed by atoms with Crippen LogP contribution in [0.25, 0.3) is 0 Å². The van der Waals surface area contributed by atoms with Gasteiger partial charge in [-0.2, -0.15) is 0 Å². The minimum absolute atomic E-state index is 0.109. The van der Waals surface area contributed by atoms with Gasteiger partial charge < -0.3 is 4.74 Å². The van der Waals surface area contributed by atoms with Crippen LogP contribution in [0.3, 0.4) is 0 Å². The quantitative estimate of drug-likeness (QED) is 0.765. The Morgan fingerprint density at radius 2 is 2.12 bits per heavy atom. The fourth-order valence-corrected chi connectivity index (χ4v) is 2.18. The first-order valence-electron chi connectivity index (χ1n) is 5.78. The lowest BCUT2D eigenvalue weighted by atomic mass is 9.97. The second-order valence-electron chi connectivity index (χ2n) is 4.21. The van der Waals surface area contributed by atoms with E-state index >= 15 is 0 Å². The normalized spacial score (nSPS) is 20.4. The average Bonchev–Trinajstić information content (AvgIpc) is 2.39. The highest BCUT2D eigenvalue weighted by molar-refractivity contribution is 6.31. The maximum atomic E-state index is 10.8. The van der Waals surface area contributed by atoms with E-state index in [0.29, 0.717) is 23.6 Å². The number of hydrogen-bond acceptors (Lipinski definition) is 2. The van der Waals surface area contributed by atoms with Gasteiger partial charge in [0.1, 0.15) is 6.29 Å². The van der Waals surface area contributed by atoms with Crippen molar-refractivity contribution in [2.75, 3.05) is 0 Å². The van der Waals surface area contributed by atoms with Gasteiger partial charge in [0.15, 0.2) is 0 Å². The van der Waals surface area contributed by atoms with E-state index in [1.165, 1.54) is 0 Å². The van der Waals surface area contributed by atoms with Crippen LogP contribution >= 0.6 is 11.6 Å². The first-order valence-corrected chi connectivity index (χ1v) is 6.15. The lowest BCUT2D eigenvalue weighted by Gasteiger charge is -2.22. The third-order valence-electron chi connectivity index (χ3n) is 2.95. The Hall–Kier alpha value is -1.12. The standard InChI is InChI=1S/C14H15ClO2/c15-14-7-6-13(8-12(14)9-16)17-10-11-4-2-1-3-5-11/h1-5,9,13H,6-8,10H2. The van der Waals surface area contributed by atoms with E-state index in [0.717, 1.165) is 24.7 Å². The predicted molar refractivity (Wildman–Crippen MR) is 67.8 cm³/mol. The highest BCUT2D eigenvalue weighted by atomic mass is 35.5. The topological polar surface area (TPSA) is 26.3 Å².